The van der Waals surface area contributed by atoms with Crippen molar-refractivity contribution >= 4 is 32.7 Å². The number of furan rings is 1. The second-order valence-corrected chi connectivity index (χ2v) is 10.9. The molecule has 1 aliphatic rings. The average Bonchev–Trinajstić information content (AvgIpc) is 3.59. The maximum absolute atomic E-state index is 6.66. The van der Waals surface area contributed by atoms with E-state index in [1.54, 1.807) is 0 Å². The second-order valence-electron chi connectivity index (χ2n) is 10.9. The summed E-state index contributed by atoms with van der Waals surface area (Å²) in [6, 6.07) is 52.4. The molecule has 1 nitrogen and oxygen atoms in total. The fraction of sp³-hybridized carbons (Fsp3) is 0. The van der Waals surface area contributed by atoms with Gasteiger partial charge in [-0.1, -0.05) is 133 Å². The molecular weight excluding hydrogens is 496 g/mol. The summed E-state index contributed by atoms with van der Waals surface area (Å²) in [5.41, 5.74) is 14.2. The summed E-state index contributed by atoms with van der Waals surface area (Å²) in [5, 5.41) is 4.94. The first-order valence-electron chi connectivity index (χ1n) is 14.1. The van der Waals surface area contributed by atoms with Gasteiger partial charge in [0.05, 0.1) is 0 Å². The summed E-state index contributed by atoms with van der Waals surface area (Å²) in [6.07, 6.45) is 0. The SMILES string of the molecule is c1ccc(-c2cccc3c2oc2c(-c4ccc(-c5cc6c7c(cccc7c5)-c5ccccc5-6)cc4)cccc23)cc1. The third-order valence-corrected chi connectivity index (χ3v) is 8.62. The number of benzene rings is 7. The lowest BCUT2D eigenvalue weighted by molar-refractivity contribution is 0.671. The molecule has 1 heteroatoms. The van der Waals surface area contributed by atoms with E-state index in [2.05, 4.69) is 140 Å². The maximum Gasteiger partial charge on any atom is 0.143 e. The highest BCUT2D eigenvalue weighted by Gasteiger charge is 2.22. The van der Waals surface area contributed by atoms with E-state index in [9.17, 15) is 0 Å². The van der Waals surface area contributed by atoms with Crippen LogP contribution in [0.4, 0.5) is 0 Å². The van der Waals surface area contributed by atoms with E-state index in [1.807, 2.05) is 6.07 Å². The molecule has 0 unspecified atom stereocenters. The lowest BCUT2D eigenvalue weighted by Crippen LogP contribution is -1.84. The van der Waals surface area contributed by atoms with Gasteiger partial charge in [0.25, 0.3) is 0 Å². The average molecular weight is 521 g/mol. The van der Waals surface area contributed by atoms with E-state index in [-0.39, 0.29) is 0 Å². The van der Waals surface area contributed by atoms with E-state index in [4.69, 9.17) is 4.42 Å². The van der Waals surface area contributed by atoms with Gasteiger partial charge in [0.1, 0.15) is 11.2 Å². The molecule has 0 spiro atoms. The first-order valence-corrected chi connectivity index (χ1v) is 14.1. The van der Waals surface area contributed by atoms with Crippen molar-refractivity contribution < 1.29 is 4.42 Å². The van der Waals surface area contributed by atoms with Crippen molar-refractivity contribution in [1.29, 1.82) is 0 Å². The molecule has 0 saturated carbocycles. The van der Waals surface area contributed by atoms with Gasteiger partial charge in [0.2, 0.25) is 0 Å². The van der Waals surface area contributed by atoms with E-state index < -0.39 is 0 Å². The van der Waals surface area contributed by atoms with Crippen molar-refractivity contribution in [3.63, 3.8) is 0 Å². The predicted octanol–water partition coefficient (Wildman–Crippen LogP) is 11.4. The molecule has 8 aromatic rings. The highest BCUT2D eigenvalue weighted by molar-refractivity contribution is 6.16. The molecule has 1 aromatic heterocycles. The molecule has 0 saturated heterocycles. The van der Waals surface area contributed by atoms with Gasteiger partial charge in [-0.15, -0.1) is 0 Å². The summed E-state index contributed by atoms with van der Waals surface area (Å²) < 4.78 is 6.66. The Labute approximate surface area is 237 Å². The van der Waals surface area contributed by atoms with Gasteiger partial charge in [0, 0.05) is 21.9 Å². The molecule has 0 amide bonds. The van der Waals surface area contributed by atoms with Crippen molar-refractivity contribution in [2.45, 2.75) is 0 Å². The van der Waals surface area contributed by atoms with Gasteiger partial charge in [0.15, 0.2) is 0 Å². The van der Waals surface area contributed by atoms with Gasteiger partial charge in [-0.05, 0) is 67.4 Å². The number of hydrogen-bond acceptors (Lipinski definition) is 1. The Hall–Kier alpha value is -5.40. The maximum atomic E-state index is 6.66. The zero-order valence-corrected chi connectivity index (χ0v) is 22.3. The van der Waals surface area contributed by atoms with Crippen LogP contribution in [0.15, 0.2) is 150 Å². The van der Waals surface area contributed by atoms with Gasteiger partial charge >= 0.3 is 0 Å². The van der Waals surface area contributed by atoms with Crippen molar-refractivity contribution in [3.05, 3.63) is 146 Å². The Balaban J connectivity index is 1.16. The first kappa shape index (κ1) is 22.4. The minimum Gasteiger partial charge on any atom is -0.455 e. The lowest BCUT2D eigenvalue weighted by Gasteiger charge is -2.09. The van der Waals surface area contributed by atoms with E-state index in [0.29, 0.717) is 0 Å². The molecule has 0 aliphatic heterocycles. The Morgan fingerprint density at radius 1 is 0.317 bits per heavy atom. The summed E-state index contributed by atoms with van der Waals surface area (Å²) in [7, 11) is 0. The quantitative estimate of drug-likeness (QED) is 0.226. The van der Waals surface area contributed by atoms with Crippen LogP contribution in [0, 0.1) is 0 Å². The predicted molar refractivity (Wildman–Crippen MR) is 172 cm³/mol. The fourth-order valence-corrected chi connectivity index (χ4v) is 6.72. The standard InChI is InChI=1S/C40H24O/c1-2-9-26(10-3-1)30-14-7-17-35-36-18-8-15-31(40(36)41-39(30)35)27-21-19-25(20-22-27)29-23-28-11-6-16-34-32-12-4-5-13-33(32)37(24-29)38(28)34/h1-24H. The summed E-state index contributed by atoms with van der Waals surface area (Å²) in [4.78, 5) is 0. The highest BCUT2D eigenvalue weighted by Crippen LogP contribution is 2.48. The molecule has 0 radical (unpaired) electrons. The van der Waals surface area contributed by atoms with Gasteiger partial charge < -0.3 is 4.42 Å². The van der Waals surface area contributed by atoms with Gasteiger partial charge in [-0.3, -0.25) is 0 Å². The van der Waals surface area contributed by atoms with Crippen LogP contribution in [-0.2, 0) is 0 Å². The fourth-order valence-electron chi connectivity index (χ4n) is 6.72. The molecule has 0 fully saturated rings. The van der Waals surface area contributed by atoms with Crippen LogP contribution in [0.25, 0.3) is 88.3 Å². The highest BCUT2D eigenvalue weighted by atomic mass is 16.3. The molecule has 7 aromatic carbocycles. The van der Waals surface area contributed by atoms with Crippen LogP contribution in [0.5, 0.6) is 0 Å². The molecule has 9 rings (SSSR count). The Morgan fingerprint density at radius 2 is 0.854 bits per heavy atom. The van der Waals surface area contributed by atoms with Crippen LogP contribution in [-0.4, -0.2) is 0 Å². The minimum atomic E-state index is 0.932. The van der Waals surface area contributed by atoms with Gasteiger partial charge in [-0.2, -0.15) is 0 Å². The summed E-state index contributed by atoms with van der Waals surface area (Å²) in [5.74, 6) is 0. The second kappa shape index (κ2) is 8.55. The molecule has 0 N–H and O–H groups in total. The molecule has 1 heterocycles. The topological polar surface area (TPSA) is 13.1 Å². The third-order valence-electron chi connectivity index (χ3n) is 8.62. The smallest absolute Gasteiger partial charge is 0.143 e. The van der Waals surface area contributed by atoms with Crippen LogP contribution >= 0.6 is 0 Å². The Bertz CT molecular complexity index is 2290. The number of para-hydroxylation sites is 2. The Kier molecular flexibility index (Phi) is 4.67. The van der Waals surface area contributed by atoms with Crippen molar-refractivity contribution in [2.24, 2.45) is 0 Å². The molecule has 41 heavy (non-hydrogen) atoms. The van der Waals surface area contributed by atoms with E-state index in [0.717, 1.165) is 44.2 Å². The van der Waals surface area contributed by atoms with Crippen LogP contribution < -0.4 is 0 Å². The van der Waals surface area contributed by atoms with Crippen molar-refractivity contribution in [1.82, 2.24) is 0 Å². The Morgan fingerprint density at radius 3 is 1.56 bits per heavy atom. The van der Waals surface area contributed by atoms with Crippen molar-refractivity contribution in [3.8, 4) is 55.6 Å². The summed E-state index contributed by atoms with van der Waals surface area (Å²) in [6.45, 7) is 0. The zero-order chi connectivity index (χ0) is 26.9. The molecule has 1 aliphatic carbocycles. The zero-order valence-electron chi connectivity index (χ0n) is 22.3. The molecule has 0 atom stereocenters. The monoisotopic (exact) mass is 520 g/mol. The summed E-state index contributed by atoms with van der Waals surface area (Å²) >= 11 is 0. The number of rotatable bonds is 3. The minimum absolute atomic E-state index is 0.932. The van der Waals surface area contributed by atoms with Crippen LogP contribution in [0.2, 0.25) is 0 Å². The molecule has 190 valence electrons. The van der Waals surface area contributed by atoms with Crippen LogP contribution in [0.1, 0.15) is 0 Å². The normalized spacial score (nSPS) is 11.9. The van der Waals surface area contributed by atoms with E-state index in [1.165, 1.54) is 44.2 Å². The third kappa shape index (κ3) is 3.30. The molecular formula is C40H24O. The largest absolute Gasteiger partial charge is 0.455 e. The molecule has 0 bridgehead atoms. The number of fused-ring (bicyclic) bond motifs is 6. The van der Waals surface area contributed by atoms with E-state index >= 15 is 0 Å². The lowest BCUT2D eigenvalue weighted by atomic mass is 9.94. The first-order chi connectivity index (χ1) is 20.3. The van der Waals surface area contributed by atoms with Crippen LogP contribution in [0.3, 0.4) is 0 Å². The number of hydrogen-bond donors (Lipinski definition) is 0. The van der Waals surface area contributed by atoms with Crippen molar-refractivity contribution in [2.75, 3.05) is 0 Å². The van der Waals surface area contributed by atoms with Gasteiger partial charge in [-0.25, -0.2) is 0 Å².